The number of benzene rings is 1. The van der Waals surface area contributed by atoms with E-state index in [1.165, 1.54) is 6.07 Å². The van der Waals surface area contributed by atoms with E-state index in [2.05, 4.69) is 6.92 Å². The van der Waals surface area contributed by atoms with Gasteiger partial charge in [-0.1, -0.05) is 6.92 Å². The van der Waals surface area contributed by atoms with Crippen LogP contribution in [0, 0.1) is 5.82 Å². The van der Waals surface area contributed by atoms with Crippen LogP contribution < -0.4 is 4.74 Å². The van der Waals surface area contributed by atoms with Gasteiger partial charge in [0.25, 0.3) is 0 Å². The average molecular weight is 166 g/mol. The van der Waals surface area contributed by atoms with Crippen LogP contribution in [0.5, 0.6) is 5.75 Å². The van der Waals surface area contributed by atoms with Gasteiger partial charge in [-0.15, -0.1) is 0 Å². The van der Waals surface area contributed by atoms with Crippen molar-refractivity contribution in [1.82, 2.24) is 0 Å². The molecular formula is C10H11FO. The van der Waals surface area contributed by atoms with Crippen molar-refractivity contribution >= 4 is 0 Å². The Bertz CT molecular complexity index is 296. The highest BCUT2D eigenvalue weighted by atomic mass is 19.1. The molecule has 1 heterocycles. The molecule has 1 nitrogen and oxygen atoms in total. The summed E-state index contributed by atoms with van der Waals surface area (Å²) in [6.45, 7) is 2.08. The lowest BCUT2D eigenvalue weighted by molar-refractivity contribution is 0.228. The van der Waals surface area contributed by atoms with Gasteiger partial charge in [0.1, 0.15) is 17.7 Å². The Labute approximate surface area is 71.2 Å². The van der Waals surface area contributed by atoms with Crippen LogP contribution in [-0.4, -0.2) is 6.10 Å². The van der Waals surface area contributed by atoms with Gasteiger partial charge in [0.15, 0.2) is 0 Å². The first kappa shape index (κ1) is 7.59. The summed E-state index contributed by atoms with van der Waals surface area (Å²) in [5, 5.41) is 0. The standard InChI is InChI=1S/C10H11FO/c1-2-9-6-7-5-8(11)3-4-10(7)12-9/h3-5,9H,2,6H2,1H3/t9-/m1/s1. The lowest BCUT2D eigenvalue weighted by Crippen LogP contribution is -2.10. The highest BCUT2D eigenvalue weighted by Gasteiger charge is 2.20. The summed E-state index contributed by atoms with van der Waals surface area (Å²) < 4.78 is 18.3. The zero-order chi connectivity index (χ0) is 8.55. The molecule has 0 spiro atoms. The van der Waals surface area contributed by atoms with E-state index in [9.17, 15) is 4.39 Å². The molecule has 1 atom stereocenters. The van der Waals surface area contributed by atoms with Crippen LogP contribution in [0.1, 0.15) is 18.9 Å². The minimum absolute atomic E-state index is 0.172. The Morgan fingerprint density at radius 3 is 3.17 bits per heavy atom. The maximum atomic E-state index is 12.7. The van der Waals surface area contributed by atoms with Crippen LogP contribution in [-0.2, 0) is 6.42 Å². The molecular weight excluding hydrogens is 155 g/mol. The van der Waals surface area contributed by atoms with E-state index in [-0.39, 0.29) is 11.9 Å². The predicted octanol–water partition coefficient (Wildman–Crippen LogP) is 2.54. The topological polar surface area (TPSA) is 9.23 Å². The SMILES string of the molecule is CC[C@@H]1Cc2cc(F)ccc2O1. The molecule has 0 N–H and O–H groups in total. The maximum absolute atomic E-state index is 12.7. The van der Waals surface area contributed by atoms with Crippen molar-refractivity contribution in [2.24, 2.45) is 0 Å². The van der Waals surface area contributed by atoms with E-state index in [4.69, 9.17) is 4.74 Å². The van der Waals surface area contributed by atoms with Crippen molar-refractivity contribution < 1.29 is 9.13 Å². The van der Waals surface area contributed by atoms with Gasteiger partial charge in [0, 0.05) is 12.0 Å². The van der Waals surface area contributed by atoms with Gasteiger partial charge in [-0.3, -0.25) is 0 Å². The molecule has 0 saturated carbocycles. The highest BCUT2D eigenvalue weighted by molar-refractivity contribution is 5.37. The van der Waals surface area contributed by atoms with Gasteiger partial charge in [-0.25, -0.2) is 4.39 Å². The van der Waals surface area contributed by atoms with Crippen LogP contribution in [0.15, 0.2) is 18.2 Å². The molecule has 2 rings (SSSR count). The Balaban J connectivity index is 2.30. The van der Waals surface area contributed by atoms with E-state index in [1.807, 2.05) is 0 Å². The minimum Gasteiger partial charge on any atom is -0.490 e. The van der Waals surface area contributed by atoms with Gasteiger partial charge in [-0.2, -0.15) is 0 Å². The molecule has 0 bridgehead atoms. The smallest absolute Gasteiger partial charge is 0.123 e. The third-order valence-corrected chi connectivity index (χ3v) is 2.22. The monoisotopic (exact) mass is 166 g/mol. The molecule has 0 radical (unpaired) electrons. The fraction of sp³-hybridized carbons (Fsp3) is 0.400. The predicted molar refractivity (Wildman–Crippen MR) is 44.8 cm³/mol. The molecule has 64 valence electrons. The van der Waals surface area contributed by atoms with Crippen LogP contribution in [0.3, 0.4) is 0 Å². The van der Waals surface area contributed by atoms with E-state index in [0.29, 0.717) is 0 Å². The van der Waals surface area contributed by atoms with E-state index >= 15 is 0 Å². The molecule has 0 aromatic heterocycles. The molecule has 1 aliphatic heterocycles. The van der Waals surface area contributed by atoms with Crippen molar-refractivity contribution in [3.05, 3.63) is 29.6 Å². The lowest BCUT2D eigenvalue weighted by Gasteiger charge is -2.05. The van der Waals surface area contributed by atoms with E-state index < -0.39 is 0 Å². The Kier molecular flexibility index (Phi) is 1.75. The molecule has 1 aromatic rings. The normalized spacial score (nSPS) is 20.3. The Hall–Kier alpha value is -1.05. The van der Waals surface area contributed by atoms with Gasteiger partial charge in [0.05, 0.1) is 0 Å². The summed E-state index contributed by atoms with van der Waals surface area (Å²) in [6, 6.07) is 4.71. The summed E-state index contributed by atoms with van der Waals surface area (Å²) in [6.07, 6.45) is 2.08. The third-order valence-electron chi connectivity index (χ3n) is 2.22. The number of ether oxygens (including phenoxy) is 1. The zero-order valence-corrected chi connectivity index (χ0v) is 7.01. The second-order valence-electron chi connectivity index (χ2n) is 3.10. The maximum Gasteiger partial charge on any atom is 0.123 e. The van der Waals surface area contributed by atoms with Crippen molar-refractivity contribution in [2.75, 3.05) is 0 Å². The quantitative estimate of drug-likeness (QED) is 0.623. The number of halogens is 1. The average Bonchev–Trinajstić information content (AvgIpc) is 2.46. The van der Waals surface area contributed by atoms with Crippen molar-refractivity contribution in [3.8, 4) is 5.75 Å². The van der Waals surface area contributed by atoms with E-state index in [0.717, 1.165) is 24.2 Å². The molecule has 1 aliphatic rings. The van der Waals surface area contributed by atoms with Gasteiger partial charge < -0.3 is 4.74 Å². The van der Waals surface area contributed by atoms with Crippen molar-refractivity contribution in [2.45, 2.75) is 25.9 Å². The van der Waals surface area contributed by atoms with Gasteiger partial charge in [-0.05, 0) is 24.6 Å². The second kappa shape index (κ2) is 2.77. The fourth-order valence-corrected chi connectivity index (χ4v) is 1.52. The molecule has 0 saturated heterocycles. The highest BCUT2D eigenvalue weighted by Crippen LogP contribution is 2.30. The van der Waals surface area contributed by atoms with Crippen LogP contribution in [0.25, 0.3) is 0 Å². The van der Waals surface area contributed by atoms with Crippen molar-refractivity contribution in [3.63, 3.8) is 0 Å². The molecule has 2 heteroatoms. The van der Waals surface area contributed by atoms with Crippen molar-refractivity contribution in [1.29, 1.82) is 0 Å². The Morgan fingerprint density at radius 2 is 2.42 bits per heavy atom. The Morgan fingerprint density at radius 1 is 1.58 bits per heavy atom. The van der Waals surface area contributed by atoms with Gasteiger partial charge >= 0.3 is 0 Å². The summed E-state index contributed by atoms with van der Waals surface area (Å²) >= 11 is 0. The summed E-state index contributed by atoms with van der Waals surface area (Å²) in [5.41, 5.74) is 1.00. The number of hydrogen-bond acceptors (Lipinski definition) is 1. The lowest BCUT2D eigenvalue weighted by atomic mass is 10.1. The zero-order valence-electron chi connectivity index (χ0n) is 7.01. The molecule has 1 aromatic carbocycles. The molecule has 0 amide bonds. The largest absolute Gasteiger partial charge is 0.490 e. The van der Waals surface area contributed by atoms with Gasteiger partial charge in [0.2, 0.25) is 0 Å². The minimum atomic E-state index is -0.172. The molecule has 0 aliphatic carbocycles. The second-order valence-corrected chi connectivity index (χ2v) is 3.10. The molecule has 0 unspecified atom stereocenters. The molecule has 12 heavy (non-hydrogen) atoms. The summed E-state index contributed by atoms with van der Waals surface area (Å²) in [7, 11) is 0. The number of fused-ring (bicyclic) bond motifs is 1. The number of hydrogen-bond donors (Lipinski definition) is 0. The van der Waals surface area contributed by atoms with Crippen LogP contribution >= 0.6 is 0 Å². The summed E-state index contributed by atoms with van der Waals surface area (Å²) in [5.74, 6) is 0.678. The van der Waals surface area contributed by atoms with Crippen LogP contribution in [0.4, 0.5) is 4.39 Å². The fourth-order valence-electron chi connectivity index (χ4n) is 1.52. The first-order chi connectivity index (χ1) is 5.79. The third kappa shape index (κ3) is 1.17. The van der Waals surface area contributed by atoms with E-state index in [1.54, 1.807) is 12.1 Å². The molecule has 0 fully saturated rings. The summed E-state index contributed by atoms with van der Waals surface area (Å²) in [4.78, 5) is 0. The van der Waals surface area contributed by atoms with Crippen LogP contribution in [0.2, 0.25) is 0 Å². The first-order valence-electron chi connectivity index (χ1n) is 4.24. The first-order valence-corrected chi connectivity index (χ1v) is 4.24. The number of rotatable bonds is 1.